The third kappa shape index (κ3) is 4.69. The van der Waals surface area contributed by atoms with Crippen molar-refractivity contribution in [1.29, 1.82) is 0 Å². The number of hydrogen-bond donors (Lipinski definition) is 0. The van der Waals surface area contributed by atoms with Gasteiger partial charge in [-0.25, -0.2) is 0 Å². The molecule has 50 heavy (non-hydrogen) atoms. The molecule has 0 bridgehead atoms. The molecule has 0 saturated carbocycles. The molecule has 1 aromatic heterocycles. The monoisotopic (exact) mass is 653 g/mol. The number of hydrogen-bond acceptors (Lipinski definition) is 2. The fourth-order valence-corrected chi connectivity index (χ4v) is 9.02. The van der Waals surface area contributed by atoms with E-state index in [1.807, 2.05) is 11.3 Å². The van der Waals surface area contributed by atoms with Crippen LogP contribution in [0, 0.1) is 0 Å². The highest BCUT2D eigenvalue weighted by molar-refractivity contribution is 7.27. The predicted octanol–water partition coefficient (Wildman–Crippen LogP) is 14.3. The average molecular weight is 654 g/mol. The van der Waals surface area contributed by atoms with Crippen molar-refractivity contribution in [2.24, 2.45) is 0 Å². The molecule has 0 atom stereocenters. The summed E-state index contributed by atoms with van der Waals surface area (Å²) in [5.41, 5.74) is 8.34. The molecule has 10 aromatic rings. The SMILES string of the molecule is c1ccc(N(c2ccc(-c3cc4ccccc4c4ccccc34)cc2)c2ccc(-c3cccc4c3sc3c5ccccc5ccc43)cc2)cc1. The van der Waals surface area contributed by atoms with Crippen molar-refractivity contribution in [3.8, 4) is 22.3 Å². The van der Waals surface area contributed by atoms with Crippen LogP contribution in [0.25, 0.3) is 74.7 Å². The zero-order valence-electron chi connectivity index (χ0n) is 27.3. The van der Waals surface area contributed by atoms with Gasteiger partial charge in [0.25, 0.3) is 0 Å². The van der Waals surface area contributed by atoms with Crippen LogP contribution in [0.1, 0.15) is 0 Å². The lowest BCUT2D eigenvalue weighted by Gasteiger charge is -2.26. The van der Waals surface area contributed by atoms with E-state index in [9.17, 15) is 0 Å². The van der Waals surface area contributed by atoms with Crippen LogP contribution in [-0.4, -0.2) is 0 Å². The number of para-hydroxylation sites is 1. The molecule has 234 valence electrons. The van der Waals surface area contributed by atoms with Gasteiger partial charge in [0.05, 0.1) is 0 Å². The molecule has 9 aromatic carbocycles. The number of nitrogens with zero attached hydrogens (tertiary/aromatic N) is 1. The van der Waals surface area contributed by atoms with Crippen LogP contribution in [-0.2, 0) is 0 Å². The summed E-state index contributed by atoms with van der Waals surface area (Å²) in [7, 11) is 0. The minimum absolute atomic E-state index is 1.12. The van der Waals surface area contributed by atoms with Gasteiger partial charge in [-0.05, 0) is 97.0 Å². The van der Waals surface area contributed by atoms with Gasteiger partial charge in [-0.2, -0.15) is 0 Å². The van der Waals surface area contributed by atoms with Gasteiger partial charge in [0, 0.05) is 37.2 Å². The topological polar surface area (TPSA) is 3.24 Å². The van der Waals surface area contributed by atoms with Gasteiger partial charge >= 0.3 is 0 Å². The van der Waals surface area contributed by atoms with E-state index in [-0.39, 0.29) is 0 Å². The molecule has 0 aliphatic heterocycles. The summed E-state index contributed by atoms with van der Waals surface area (Å²) < 4.78 is 2.70. The standard InChI is InChI=1S/C48H31NS/c1-2-13-36(14-3-1)49(38-28-23-34(24-29-38)46-31-35-12-5-6-15-39(35)42-17-8-9-18-43(42)46)37-26-21-33(22-27-37)41-19-10-20-44-45-30-25-32-11-4-7-16-40(32)48(45)50-47(41)44/h1-31H. The van der Waals surface area contributed by atoms with Crippen LogP contribution in [0.15, 0.2) is 188 Å². The summed E-state index contributed by atoms with van der Waals surface area (Å²) in [6.07, 6.45) is 0. The Hall–Kier alpha value is -6.22. The van der Waals surface area contributed by atoms with Crippen molar-refractivity contribution in [3.63, 3.8) is 0 Å². The summed E-state index contributed by atoms with van der Waals surface area (Å²) in [5, 5.41) is 10.4. The Bertz CT molecular complexity index is 2850. The Balaban J connectivity index is 1.05. The molecule has 10 rings (SSSR count). The first-order chi connectivity index (χ1) is 24.8. The molecule has 0 aliphatic carbocycles. The second-order valence-corrected chi connectivity index (χ2v) is 13.9. The zero-order valence-corrected chi connectivity index (χ0v) is 28.1. The second kappa shape index (κ2) is 11.7. The minimum Gasteiger partial charge on any atom is -0.311 e. The average Bonchev–Trinajstić information content (AvgIpc) is 3.58. The highest BCUT2D eigenvalue weighted by Crippen LogP contribution is 2.44. The Labute approximate surface area is 294 Å². The molecule has 0 saturated heterocycles. The summed E-state index contributed by atoms with van der Waals surface area (Å²) in [6, 6.07) is 68.5. The predicted molar refractivity (Wildman–Crippen MR) is 217 cm³/mol. The Morgan fingerprint density at radius 3 is 1.58 bits per heavy atom. The van der Waals surface area contributed by atoms with Crippen LogP contribution in [0.3, 0.4) is 0 Å². The van der Waals surface area contributed by atoms with Crippen molar-refractivity contribution in [2.75, 3.05) is 4.90 Å². The number of benzene rings is 9. The smallest absolute Gasteiger partial charge is 0.0462 e. The van der Waals surface area contributed by atoms with Gasteiger partial charge in [0.1, 0.15) is 0 Å². The van der Waals surface area contributed by atoms with Crippen molar-refractivity contribution in [2.45, 2.75) is 0 Å². The van der Waals surface area contributed by atoms with Crippen molar-refractivity contribution < 1.29 is 0 Å². The lowest BCUT2D eigenvalue weighted by Crippen LogP contribution is -2.09. The van der Waals surface area contributed by atoms with Crippen LogP contribution >= 0.6 is 11.3 Å². The summed E-state index contributed by atoms with van der Waals surface area (Å²) in [5.74, 6) is 0. The fraction of sp³-hybridized carbons (Fsp3) is 0. The maximum Gasteiger partial charge on any atom is 0.0462 e. The number of fused-ring (bicyclic) bond motifs is 8. The second-order valence-electron chi connectivity index (χ2n) is 12.9. The van der Waals surface area contributed by atoms with E-state index in [0.717, 1.165) is 17.1 Å². The number of anilines is 3. The highest BCUT2D eigenvalue weighted by atomic mass is 32.1. The third-order valence-electron chi connectivity index (χ3n) is 10.0. The Morgan fingerprint density at radius 1 is 0.300 bits per heavy atom. The Morgan fingerprint density at radius 2 is 0.840 bits per heavy atom. The van der Waals surface area contributed by atoms with Crippen molar-refractivity contribution in [1.82, 2.24) is 0 Å². The van der Waals surface area contributed by atoms with Gasteiger partial charge in [-0.3, -0.25) is 0 Å². The molecular weight excluding hydrogens is 623 g/mol. The quantitative estimate of drug-likeness (QED) is 0.167. The first-order valence-electron chi connectivity index (χ1n) is 17.1. The summed E-state index contributed by atoms with van der Waals surface area (Å²) >= 11 is 1.91. The molecule has 0 unspecified atom stereocenters. The molecule has 0 fully saturated rings. The molecule has 1 heterocycles. The van der Waals surface area contributed by atoms with E-state index in [2.05, 4.69) is 193 Å². The number of rotatable bonds is 5. The largest absolute Gasteiger partial charge is 0.311 e. The molecule has 2 heteroatoms. The molecule has 0 aliphatic rings. The first-order valence-corrected chi connectivity index (χ1v) is 17.9. The Kier molecular flexibility index (Phi) is 6.75. The van der Waals surface area contributed by atoms with Crippen molar-refractivity contribution >= 4 is 80.9 Å². The third-order valence-corrected chi connectivity index (χ3v) is 11.3. The molecule has 0 N–H and O–H groups in total. The number of thiophene rings is 1. The lowest BCUT2D eigenvalue weighted by atomic mass is 9.93. The molecule has 0 amide bonds. The maximum absolute atomic E-state index is 2.35. The van der Waals surface area contributed by atoms with Gasteiger partial charge in [-0.1, -0.05) is 146 Å². The van der Waals surface area contributed by atoms with Gasteiger partial charge in [0.2, 0.25) is 0 Å². The van der Waals surface area contributed by atoms with Gasteiger partial charge < -0.3 is 4.90 Å². The normalized spacial score (nSPS) is 11.6. The highest BCUT2D eigenvalue weighted by Gasteiger charge is 2.16. The van der Waals surface area contributed by atoms with Crippen molar-refractivity contribution in [3.05, 3.63) is 188 Å². The van der Waals surface area contributed by atoms with E-state index in [4.69, 9.17) is 0 Å². The minimum atomic E-state index is 1.12. The van der Waals surface area contributed by atoms with Crippen LogP contribution < -0.4 is 4.90 Å². The summed E-state index contributed by atoms with van der Waals surface area (Å²) in [4.78, 5) is 2.35. The van der Waals surface area contributed by atoms with E-state index < -0.39 is 0 Å². The molecular formula is C48H31NS. The maximum atomic E-state index is 2.35. The van der Waals surface area contributed by atoms with E-state index >= 15 is 0 Å². The first kappa shape index (κ1) is 28.8. The van der Waals surface area contributed by atoms with E-state index in [1.54, 1.807) is 0 Å². The fourth-order valence-electron chi connectivity index (χ4n) is 7.65. The van der Waals surface area contributed by atoms with Crippen LogP contribution in [0.2, 0.25) is 0 Å². The van der Waals surface area contributed by atoms with Crippen LogP contribution in [0.5, 0.6) is 0 Å². The zero-order chi connectivity index (χ0) is 33.0. The summed E-state index contributed by atoms with van der Waals surface area (Å²) in [6.45, 7) is 0. The molecule has 0 radical (unpaired) electrons. The van der Waals surface area contributed by atoms with Crippen LogP contribution in [0.4, 0.5) is 17.1 Å². The van der Waals surface area contributed by atoms with Gasteiger partial charge in [-0.15, -0.1) is 11.3 Å². The van der Waals surface area contributed by atoms with E-state index in [0.29, 0.717) is 0 Å². The lowest BCUT2D eigenvalue weighted by molar-refractivity contribution is 1.28. The van der Waals surface area contributed by atoms with Gasteiger partial charge in [0.15, 0.2) is 0 Å². The van der Waals surface area contributed by atoms with E-state index in [1.165, 1.54) is 74.7 Å². The molecule has 1 nitrogen and oxygen atoms in total. The molecule has 0 spiro atoms.